The first kappa shape index (κ1) is 16.3. The summed E-state index contributed by atoms with van der Waals surface area (Å²) in [6.45, 7) is 1.55. The molecule has 0 aromatic heterocycles. The van der Waals surface area contributed by atoms with Crippen molar-refractivity contribution in [2.24, 2.45) is 5.92 Å². The van der Waals surface area contributed by atoms with Gasteiger partial charge in [-0.2, -0.15) is 0 Å². The van der Waals surface area contributed by atoms with Gasteiger partial charge in [0.2, 0.25) is 0 Å². The van der Waals surface area contributed by atoms with E-state index in [4.69, 9.17) is 5.11 Å². The SMILES string of the molecule is O=C(O)C1CCCN(C(=O)NCC2(c3ccccc3Br)CC2)C1. The number of nitrogens with zero attached hydrogens (tertiary/aromatic N) is 1. The summed E-state index contributed by atoms with van der Waals surface area (Å²) >= 11 is 3.59. The van der Waals surface area contributed by atoms with Gasteiger partial charge in [0, 0.05) is 29.5 Å². The Morgan fingerprint density at radius 1 is 1.35 bits per heavy atom. The van der Waals surface area contributed by atoms with Crippen LogP contribution in [0.4, 0.5) is 4.79 Å². The van der Waals surface area contributed by atoms with Crippen LogP contribution in [0.5, 0.6) is 0 Å². The Labute approximate surface area is 144 Å². The molecule has 1 aliphatic heterocycles. The standard InChI is InChI=1S/C17H21BrN2O3/c18-14-6-2-1-5-13(14)17(7-8-17)11-19-16(23)20-9-3-4-12(10-20)15(21)22/h1-2,5-6,12H,3-4,7-11H2,(H,19,23)(H,21,22). The number of rotatable bonds is 4. The van der Waals surface area contributed by atoms with Crippen LogP contribution in [0.15, 0.2) is 28.7 Å². The Kier molecular flexibility index (Phi) is 4.62. The van der Waals surface area contributed by atoms with Crippen LogP contribution in [0.25, 0.3) is 0 Å². The first-order chi connectivity index (χ1) is 11.0. The molecule has 124 valence electrons. The number of amides is 2. The summed E-state index contributed by atoms with van der Waals surface area (Å²) in [6, 6.07) is 7.99. The Hall–Kier alpha value is -1.56. The van der Waals surface area contributed by atoms with Crippen molar-refractivity contribution in [3.63, 3.8) is 0 Å². The molecule has 1 saturated heterocycles. The van der Waals surface area contributed by atoms with E-state index >= 15 is 0 Å². The maximum absolute atomic E-state index is 12.4. The molecule has 5 nitrogen and oxygen atoms in total. The zero-order valence-electron chi connectivity index (χ0n) is 12.9. The van der Waals surface area contributed by atoms with Crippen molar-refractivity contribution in [3.05, 3.63) is 34.3 Å². The van der Waals surface area contributed by atoms with Crippen molar-refractivity contribution in [3.8, 4) is 0 Å². The third-order valence-corrected chi connectivity index (χ3v) is 5.63. The summed E-state index contributed by atoms with van der Waals surface area (Å²) in [5.74, 6) is -1.25. The molecule has 1 aromatic rings. The lowest BCUT2D eigenvalue weighted by Crippen LogP contribution is -2.48. The van der Waals surface area contributed by atoms with E-state index in [1.165, 1.54) is 5.56 Å². The smallest absolute Gasteiger partial charge is 0.317 e. The molecule has 6 heteroatoms. The highest BCUT2D eigenvalue weighted by Gasteiger charge is 2.45. The molecule has 23 heavy (non-hydrogen) atoms. The van der Waals surface area contributed by atoms with Crippen molar-refractivity contribution < 1.29 is 14.7 Å². The van der Waals surface area contributed by atoms with Gasteiger partial charge in [0.05, 0.1) is 5.92 Å². The molecule has 2 aliphatic rings. The van der Waals surface area contributed by atoms with Crippen molar-refractivity contribution in [2.75, 3.05) is 19.6 Å². The van der Waals surface area contributed by atoms with Gasteiger partial charge in [-0.15, -0.1) is 0 Å². The Balaban J connectivity index is 1.59. The van der Waals surface area contributed by atoms with Gasteiger partial charge in [-0.3, -0.25) is 4.79 Å². The summed E-state index contributed by atoms with van der Waals surface area (Å²) in [5, 5.41) is 12.1. The number of aliphatic carboxylic acids is 1. The molecular weight excluding hydrogens is 360 g/mol. The highest BCUT2D eigenvalue weighted by Crippen LogP contribution is 2.49. The molecule has 1 heterocycles. The molecule has 1 atom stereocenters. The third kappa shape index (κ3) is 3.52. The van der Waals surface area contributed by atoms with Gasteiger partial charge < -0.3 is 15.3 Å². The van der Waals surface area contributed by atoms with Crippen LogP contribution in [0.1, 0.15) is 31.2 Å². The molecular formula is C17H21BrN2O3. The maximum atomic E-state index is 12.4. The molecule has 2 amide bonds. The summed E-state index contributed by atoms with van der Waals surface area (Å²) in [4.78, 5) is 25.1. The van der Waals surface area contributed by atoms with E-state index in [-0.39, 0.29) is 11.4 Å². The summed E-state index contributed by atoms with van der Waals surface area (Å²) in [6.07, 6.45) is 3.53. The number of hydrogen-bond acceptors (Lipinski definition) is 2. The normalized spacial score (nSPS) is 22.5. The van der Waals surface area contributed by atoms with E-state index in [1.54, 1.807) is 4.90 Å². The van der Waals surface area contributed by atoms with Gasteiger partial charge in [0.15, 0.2) is 0 Å². The number of carbonyl (C=O) groups excluding carboxylic acids is 1. The average molecular weight is 381 g/mol. The summed E-state index contributed by atoms with van der Waals surface area (Å²) in [7, 11) is 0. The van der Waals surface area contributed by atoms with Gasteiger partial charge in [-0.25, -0.2) is 4.79 Å². The van der Waals surface area contributed by atoms with Gasteiger partial charge in [-0.1, -0.05) is 34.1 Å². The topological polar surface area (TPSA) is 69.6 Å². The molecule has 0 spiro atoms. The fourth-order valence-electron chi connectivity index (χ4n) is 3.30. The van der Waals surface area contributed by atoms with E-state index in [2.05, 4.69) is 27.3 Å². The molecule has 2 N–H and O–H groups in total. The number of hydrogen-bond donors (Lipinski definition) is 2. The maximum Gasteiger partial charge on any atom is 0.317 e. The second-order valence-electron chi connectivity index (χ2n) is 6.54. The van der Waals surface area contributed by atoms with E-state index in [0.717, 1.165) is 23.7 Å². The molecule has 0 radical (unpaired) electrons. The predicted molar refractivity (Wildman–Crippen MR) is 90.4 cm³/mol. The number of carboxylic acids is 1. The number of benzene rings is 1. The van der Waals surface area contributed by atoms with Crippen LogP contribution in [0.2, 0.25) is 0 Å². The minimum atomic E-state index is -0.811. The van der Waals surface area contributed by atoms with Gasteiger partial charge >= 0.3 is 12.0 Å². The number of halogens is 1. The second-order valence-corrected chi connectivity index (χ2v) is 7.40. The zero-order chi connectivity index (χ0) is 16.4. The molecule has 1 unspecified atom stereocenters. The van der Waals surface area contributed by atoms with Crippen LogP contribution in [0.3, 0.4) is 0 Å². The highest BCUT2D eigenvalue weighted by atomic mass is 79.9. The largest absolute Gasteiger partial charge is 0.481 e. The molecule has 1 aromatic carbocycles. The number of carbonyl (C=O) groups is 2. The van der Waals surface area contributed by atoms with Crippen LogP contribution in [-0.4, -0.2) is 41.6 Å². The Morgan fingerprint density at radius 3 is 2.74 bits per heavy atom. The van der Waals surface area contributed by atoms with E-state index in [9.17, 15) is 9.59 Å². The molecule has 0 bridgehead atoms. The average Bonchev–Trinajstić information content (AvgIpc) is 3.34. The summed E-state index contributed by atoms with van der Waals surface area (Å²) < 4.78 is 1.08. The van der Waals surface area contributed by atoms with Gasteiger partial charge in [-0.05, 0) is 37.3 Å². The van der Waals surface area contributed by atoms with Crippen LogP contribution in [-0.2, 0) is 10.2 Å². The van der Waals surface area contributed by atoms with Crippen LogP contribution < -0.4 is 5.32 Å². The Bertz CT molecular complexity index is 616. The predicted octanol–water partition coefficient (Wildman–Crippen LogP) is 2.99. The highest BCUT2D eigenvalue weighted by molar-refractivity contribution is 9.10. The number of carboxylic acid groups (broad SMARTS) is 1. The van der Waals surface area contributed by atoms with E-state index < -0.39 is 11.9 Å². The minimum Gasteiger partial charge on any atom is -0.481 e. The number of likely N-dealkylation sites (tertiary alicyclic amines) is 1. The number of piperidine rings is 1. The fourth-order valence-corrected chi connectivity index (χ4v) is 4.01. The van der Waals surface area contributed by atoms with Crippen LogP contribution in [0, 0.1) is 5.92 Å². The van der Waals surface area contributed by atoms with Crippen LogP contribution >= 0.6 is 15.9 Å². The van der Waals surface area contributed by atoms with Gasteiger partial charge in [0.1, 0.15) is 0 Å². The lowest BCUT2D eigenvalue weighted by atomic mass is 9.96. The molecule has 1 saturated carbocycles. The Morgan fingerprint density at radius 2 is 2.09 bits per heavy atom. The minimum absolute atomic E-state index is 0.0255. The second kappa shape index (κ2) is 6.51. The molecule has 1 aliphatic carbocycles. The van der Waals surface area contributed by atoms with Crippen molar-refractivity contribution in [2.45, 2.75) is 31.1 Å². The fraction of sp³-hybridized carbons (Fsp3) is 0.529. The van der Waals surface area contributed by atoms with Crippen molar-refractivity contribution in [1.82, 2.24) is 10.2 Å². The number of urea groups is 1. The van der Waals surface area contributed by atoms with E-state index in [1.807, 2.05) is 18.2 Å². The lowest BCUT2D eigenvalue weighted by Gasteiger charge is -2.31. The number of nitrogens with one attached hydrogen (secondary N) is 1. The molecule has 3 rings (SSSR count). The third-order valence-electron chi connectivity index (χ3n) is 4.93. The van der Waals surface area contributed by atoms with E-state index in [0.29, 0.717) is 26.1 Å². The zero-order valence-corrected chi connectivity index (χ0v) is 14.5. The quantitative estimate of drug-likeness (QED) is 0.843. The first-order valence-corrected chi connectivity index (χ1v) is 8.82. The molecule has 2 fully saturated rings. The van der Waals surface area contributed by atoms with Gasteiger partial charge in [0.25, 0.3) is 0 Å². The first-order valence-electron chi connectivity index (χ1n) is 8.02. The summed E-state index contributed by atoms with van der Waals surface area (Å²) in [5.41, 5.74) is 1.26. The monoisotopic (exact) mass is 380 g/mol. The lowest BCUT2D eigenvalue weighted by molar-refractivity contribution is -0.143. The van der Waals surface area contributed by atoms with Crippen molar-refractivity contribution in [1.29, 1.82) is 0 Å². The van der Waals surface area contributed by atoms with Crippen molar-refractivity contribution >= 4 is 27.9 Å².